The van der Waals surface area contributed by atoms with Crippen LogP contribution >= 0.6 is 0 Å². The lowest BCUT2D eigenvalue weighted by molar-refractivity contribution is -0.379. The number of aliphatic hydroxyl groups excluding tert-OH is 11. The van der Waals surface area contributed by atoms with E-state index in [-0.39, 0.29) is 18.9 Å². The number of nitrogens with one attached hydrogen (secondary N) is 1. The second-order valence-corrected chi connectivity index (χ2v) is 26.4. The van der Waals surface area contributed by atoms with Gasteiger partial charge in [-0.25, -0.2) is 0 Å². The van der Waals surface area contributed by atoms with Crippen molar-refractivity contribution in [1.82, 2.24) is 5.32 Å². The topological polar surface area (TPSA) is 307 Å². The van der Waals surface area contributed by atoms with Gasteiger partial charge in [0.05, 0.1) is 38.6 Å². The Morgan fingerprint density at radius 1 is 0.391 bits per heavy atom. The van der Waals surface area contributed by atoms with Gasteiger partial charge >= 0.3 is 0 Å². The first kappa shape index (κ1) is 84.0. The Morgan fingerprint density at radius 2 is 0.728 bits per heavy atom. The second-order valence-electron chi connectivity index (χ2n) is 26.4. The highest BCUT2D eigenvalue weighted by Crippen LogP contribution is 2.33. The molecule has 538 valence electrons. The van der Waals surface area contributed by atoms with Crippen LogP contribution < -0.4 is 5.32 Å². The highest BCUT2D eigenvalue weighted by atomic mass is 16.8. The fourth-order valence-corrected chi connectivity index (χ4v) is 12.4. The number of hydrogen-bond acceptors (Lipinski definition) is 18. The number of amides is 1. The van der Waals surface area contributed by atoms with Crippen LogP contribution in [0.15, 0.2) is 48.6 Å². The number of aliphatic hydroxyl groups is 11. The molecule has 3 heterocycles. The molecule has 12 N–H and O–H groups in total. The summed E-state index contributed by atoms with van der Waals surface area (Å²) in [6.45, 7) is 1.71. The van der Waals surface area contributed by atoms with E-state index in [0.29, 0.717) is 12.8 Å². The molecule has 0 radical (unpaired) electrons. The zero-order valence-electron chi connectivity index (χ0n) is 57.0. The largest absolute Gasteiger partial charge is 0.394 e. The minimum atomic E-state index is -1.98. The Labute approximate surface area is 554 Å². The number of allylic oxidation sites excluding steroid dienone is 7. The fraction of sp³-hybridized carbons (Fsp3) is 0.877. The van der Waals surface area contributed by atoms with Crippen molar-refractivity contribution in [3.05, 3.63) is 48.6 Å². The summed E-state index contributed by atoms with van der Waals surface area (Å²) in [4.78, 5) is 13.4. The number of carbonyl (C=O) groups excluding carboxylic acids is 1. The Balaban J connectivity index is 1.42. The average Bonchev–Trinajstić information content (AvgIpc) is 0.855. The second kappa shape index (κ2) is 54.7. The van der Waals surface area contributed by atoms with E-state index in [9.17, 15) is 61.0 Å². The molecule has 0 aliphatic carbocycles. The lowest BCUT2D eigenvalue weighted by Gasteiger charge is -2.48. The Bertz CT molecular complexity index is 1860. The quantitative estimate of drug-likeness (QED) is 0.0199. The first-order valence-corrected chi connectivity index (χ1v) is 36.9. The van der Waals surface area contributed by atoms with Gasteiger partial charge in [0, 0.05) is 6.42 Å². The molecule has 0 aromatic heterocycles. The lowest BCUT2D eigenvalue weighted by Crippen LogP contribution is -2.66. The molecule has 0 saturated carbocycles. The van der Waals surface area contributed by atoms with Crippen molar-refractivity contribution in [3.63, 3.8) is 0 Å². The smallest absolute Gasteiger partial charge is 0.220 e. The minimum Gasteiger partial charge on any atom is -0.394 e. The summed E-state index contributed by atoms with van der Waals surface area (Å²) in [5.41, 5.74) is 0. The molecule has 3 rings (SSSR count). The van der Waals surface area contributed by atoms with Gasteiger partial charge in [0.2, 0.25) is 5.91 Å². The zero-order valence-corrected chi connectivity index (χ0v) is 57.0. The zero-order chi connectivity index (χ0) is 66.8. The molecule has 0 bridgehead atoms. The number of carbonyl (C=O) groups is 1. The van der Waals surface area contributed by atoms with Gasteiger partial charge in [-0.1, -0.05) is 255 Å². The summed E-state index contributed by atoms with van der Waals surface area (Å²) >= 11 is 0. The summed E-state index contributed by atoms with van der Waals surface area (Å²) in [6.07, 6.45) is 39.5. The van der Waals surface area contributed by atoms with Crippen molar-refractivity contribution in [2.45, 2.75) is 381 Å². The fourth-order valence-electron chi connectivity index (χ4n) is 12.4. The highest BCUT2D eigenvalue weighted by Gasteiger charge is 2.53. The van der Waals surface area contributed by atoms with E-state index in [2.05, 4.69) is 55.6 Å². The van der Waals surface area contributed by atoms with E-state index < -0.39 is 124 Å². The molecular formula is C73H133NO18. The SMILES string of the molecule is CCCCC/C=C\C/C=C\CCCCCCCCCCCC(=O)NC(COC1OC(CO)C(OC2OC(CO)C(OC3OC(CO)C(O)C(O)C3O)C(O)C2O)C(O)C1O)C(O)/C=C/CC/C=C/CCCCCCCCCCCCCCCCCCCCCCCC. The molecule has 3 aliphatic heterocycles. The molecule has 0 aromatic carbocycles. The molecule has 17 atom stereocenters. The Kier molecular flexibility index (Phi) is 50.0. The van der Waals surface area contributed by atoms with Gasteiger partial charge in [0.15, 0.2) is 18.9 Å². The molecule has 3 saturated heterocycles. The van der Waals surface area contributed by atoms with Crippen LogP contribution in [0.3, 0.4) is 0 Å². The summed E-state index contributed by atoms with van der Waals surface area (Å²) < 4.78 is 34.4. The van der Waals surface area contributed by atoms with Crippen LogP contribution in [0.1, 0.15) is 277 Å². The first-order valence-electron chi connectivity index (χ1n) is 36.9. The molecule has 0 spiro atoms. The van der Waals surface area contributed by atoms with Crippen LogP contribution in [0, 0.1) is 0 Å². The van der Waals surface area contributed by atoms with Crippen LogP contribution in [-0.2, 0) is 33.2 Å². The normalized spacial score (nSPS) is 27.9. The summed E-state index contributed by atoms with van der Waals surface area (Å²) in [6, 6.07) is -0.994. The third kappa shape index (κ3) is 35.8. The summed E-state index contributed by atoms with van der Waals surface area (Å²) in [5, 5.41) is 121. The van der Waals surface area contributed by atoms with Gasteiger partial charge in [-0.3, -0.25) is 4.79 Å². The molecular weight excluding hydrogens is 1180 g/mol. The van der Waals surface area contributed by atoms with Gasteiger partial charge in [-0.15, -0.1) is 0 Å². The lowest BCUT2D eigenvalue weighted by atomic mass is 9.96. The van der Waals surface area contributed by atoms with E-state index in [4.69, 9.17) is 28.4 Å². The maximum atomic E-state index is 13.4. The predicted molar refractivity (Wildman–Crippen MR) is 360 cm³/mol. The van der Waals surface area contributed by atoms with Gasteiger partial charge in [-0.05, 0) is 64.2 Å². The van der Waals surface area contributed by atoms with E-state index in [1.165, 1.54) is 186 Å². The predicted octanol–water partition coefficient (Wildman–Crippen LogP) is 10.6. The number of unbranched alkanes of at least 4 members (excludes halogenated alkanes) is 35. The Hall–Kier alpha value is -2.25. The van der Waals surface area contributed by atoms with Gasteiger partial charge < -0.3 is 89.9 Å². The molecule has 17 unspecified atom stereocenters. The summed E-state index contributed by atoms with van der Waals surface area (Å²) in [5.74, 6) is -0.288. The van der Waals surface area contributed by atoms with Gasteiger partial charge in [-0.2, -0.15) is 0 Å². The van der Waals surface area contributed by atoms with Crippen LogP contribution in [0.4, 0.5) is 0 Å². The maximum Gasteiger partial charge on any atom is 0.220 e. The van der Waals surface area contributed by atoms with Crippen LogP contribution in [0.2, 0.25) is 0 Å². The molecule has 92 heavy (non-hydrogen) atoms. The van der Waals surface area contributed by atoms with Crippen molar-refractivity contribution in [1.29, 1.82) is 0 Å². The van der Waals surface area contributed by atoms with Crippen molar-refractivity contribution in [3.8, 4) is 0 Å². The molecule has 19 nitrogen and oxygen atoms in total. The molecule has 3 aliphatic rings. The average molecular weight is 1310 g/mol. The number of ether oxygens (including phenoxy) is 6. The molecule has 19 heteroatoms. The van der Waals surface area contributed by atoms with Gasteiger partial charge in [0.25, 0.3) is 0 Å². The molecule has 0 aromatic rings. The standard InChI is InChI=1S/C73H133NO18/c1-3-5-7-9-11-13-15-17-19-21-23-24-25-26-27-28-29-30-31-33-34-36-38-40-42-44-46-48-50-57(78)56(74-61(79)51-49-47-45-43-41-39-37-35-32-22-20-18-16-14-12-10-8-6-4-2)55-87-71-67(85)64(82)69(59(53-76)89-71)92-73-68(86)65(83)70(60(54-77)90-73)91-72-66(84)63(81)62(80)58(52-75)88-72/h12,14,18,20,40,42,48,50,56-60,62-73,75-78,80-86H,3-11,13,15-17,19,21-39,41,43-47,49,51-55H2,1-2H3,(H,74,79)/b14-12-,20-18-,42-40+,50-48+. The van der Waals surface area contributed by atoms with E-state index in [0.717, 1.165) is 57.8 Å². The van der Waals surface area contributed by atoms with Crippen LogP contribution in [0.25, 0.3) is 0 Å². The minimum absolute atomic E-state index is 0.230. The number of hydrogen-bond donors (Lipinski definition) is 12. The van der Waals surface area contributed by atoms with Crippen molar-refractivity contribution < 1.29 is 89.4 Å². The van der Waals surface area contributed by atoms with Crippen LogP contribution in [-0.4, -0.2) is 193 Å². The van der Waals surface area contributed by atoms with E-state index in [1.807, 2.05) is 6.08 Å². The summed E-state index contributed by atoms with van der Waals surface area (Å²) in [7, 11) is 0. The maximum absolute atomic E-state index is 13.4. The van der Waals surface area contributed by atoms with Gasteiger partial charge in [0.1, 0.15) is 73.2 Å². The molecule has 1 amide bonds. The number of rotatable bonds is 57. The first-order chi connectivity index (χ1) is 44.8. The van der Waals surface area contributed by atoms with Crippen LogP contribution in [0.5, 0.6) is 0 Å². The third-order valence-electron chi connectivity index (χ3n) is 18.3. The highest BCUT2D eigenvalue weighted by molar-refractivity contribution is 5.76. The van der Waals surface area contributed by atoms with E-state index >= 15 is 0 Å². The van der Waals surface area contributed by atoms with Crippen molar-refractivity contribution in [2.24, 2.45) is 0 Å². The van der Waals surface area contributed by atoms with E-state index in [1.54, 1.807) is 6.08 Å². The van der Waals surface area contributed by atoms with Crippen molar-refractivity contribution in [2.75, 3.05) is 26.4 Å². The third-order valence-corrected chi connectivity index (χ3v) is 18.3. The monoisotopic (exact) mass is 1310 g/mol. The molecule has 3 fully saturated rings. The van der Waals surface area contributed by atoms with Crippen molar-refractivity contribution >= 4 is 5.91 Å². The Morgan fingerprint density at radius 3 is 1.17 bits per heavy atom.